The first-order valence-electron chi connectivity index (χ1n) is 5.48. The SMILES string of the molecule is Cc1cc(C(Cc2csc(C)n2)NN)n(C)n1. The summed E-state index contributed by atoms with van der Waals surface area (Å²) in [6.07, 6.45) is 0.778. The zero-order valence-electron chi connectivity index (χ0n) is 10.3. The van der Waals surface area contributed by atoms with Gasteiger partial charge in [-0.15, -0.1) is 11.3 Å². The number of aryl methyl sites for hydroxylation is 3. The highest BCUT2D eigenvalue weighted by Crippen LogP contribution is 2.19. The summed E-state index contributed by atoms with van der Waals surface area (Å²) in [5, 5.41) is 7.48. The molecule has 0 aromatic carbocycles. The van der Waals surface area contributed by atoms with E-state index in [0.717, 1.165) is 28.5 Å². The molecule has 0 spiro atoms. The van der Waals surface area contributed by atoms with E-state index in [1.165, 1.54) is 0 Å². The van der Waals surface area contributed by atoms with E-state index >= 15 is 0 Å². The van der Waals surface area contributed by atoms with Gasteiger partial charge < -0.3 is 0 Å². The Balaban J connectivity index is 2.19. The zero-order valence-corrected chi connectivity index (χ0v) is 11.1. The van der Waals surface area contributed by atoms with Gasteiger partial charge in [-0.3, -0.25) is 16.0 Å². The van der Waals surface area contributed by atoms with Gasteiger partial charge in [-0.1, -0.05) is 0 Å². The van der Waals surface area contributed by atoms with Crippen LogP contribution in [0.1, 0.15) is 28.1 Å². The molecule has 2 aromatic heterocycles. The maximum absolute atomic E-state index is 5.62. The van der Waals surface area contributed by atoms with Crippen LogP contribution in [0.3, 0.4) is 0 Å². The van der Waals surface area contributed by atoms with E-state index in [2.05, 4.69) is 20.9 Å². The molecule has 1 atom stereocenters. The number of aromatic nitrogens is 3. The second-order valence-electron chi connectivity index (χ2n) is 4.12. The highest BCUT2D eigenvalue weighted by Gasteiger charge is 2.16. The third-order valence-electron chi connectivity index (χ3n) is 2.68. The number of nitrogens with one attached hydrogen (secondary N) is 1. The second-order valence-corrected chi connectivity index (χ2v) is 5.18. The quantitative estimate of drug-likeness (QED) is 0.633. The molecule has 2 aromatic rings. The molecule has 0 fully saturated rings. The molecule has 0 bridgehead atoms. The first-order valence-corrected chi connectivity index (χ1v) is 6.35. The van der Waals surface area contributed by atoms with Crippen LogP contribution in [0.5, 0.6) is 0 Å². The smallest absolute Gasteiger partial charge is 0.0897 e. The molecule has 0 aliphatic carbocycles. The minimum absolute atomic E-state index is 0.0442. The highest BCUT2D eigenvalue weighted by atomic mass is 32.1. The van der Waals surface area contributed by atoms with Crippen molar-refractivity contribution in [3.63, 3.8) is 0 Å². The standard InChI is InChI=1S/C11H17N5S/c1-7-4-11(16(3)15-7)10(14-12)5-9-6-17-8(2)13-9/h4,6,10,14H,5,12H2,1-3H3. The molecule has 0 aliphatic rings. The largest absolute Gasteiger partial charge is 0.271 e. The van der Waals surface area contributed by atoms with E-state index < -0.39 is 0 Å². The van der Waals surface area contributed by atoms with Crippen LogP contribution < -0.4 is 11.3 Å². The molecule has 0 radical (unpaired) electrons. The minimum Gasteiger partial charge on any atom is -0.271 e. The van der Waals surface area contributed by atoms with E-state index in [1.807, 2.05) is 31.6 Å². The lowest BCUT2D eigenvalue weighted by Crippen LogP contribution is -2.31. The first kappa shape index (κ1) is 12.2. The molecule has 0 amide bonds. The van der Waals surface area contributed by atoms with Gasteiger partial charge in [0, 0.05) is 18.8 Å². The maximum atomic E-state index is 5.62. The molecule has 2 heterocycles. The Morgan fingerprint density at radius 2 is 2.29 bits per heavy atom. The molecule has 5 nitrogen and oxygen atoms in total. The van der Waals surface area contributed by atoms with Crippen molar-refractivity contribution in [1.82, 2.24) is 20.2 Å². The fourth-order valence-electron chi connectivity index (χ4n) is 1.92. The summed E-state index contributed by atoms with van der Waals surface area (Å²) in [7, 11) is 1.93. The van der Waals surface area contributed by atoms with Crippen molar-refractivity contribution in [3.05, 3.63) is 33.5 Å². The fourth-order valence-corrected chi connectivity index (χ4v) is 2.54. The molecular formula is C11H17N5S. The van der Waals surface area contributed by atoms with Crippen LogP contribution in [0.15, 0.2) is 11.4 Å². The van der Waals surface area contributed by atoms with Gasteiger partial charge in [0.05, 0.1) is 28.1 Å². The van der Waals surface area contributed by atoms with Gasteiger partial charge in [0.25, 0.3) is 0 Å². The van der Waals surface area contributed by atoms with E-state index in [-0.39, 0.29) is 6.04 Å². The second kappa shape index (κ2) is 4.95. The lowest BCUT2D eigenvalue weighted by Gasteiger charge is -2.14. The van der Waals surface area contributed by atoms with Gasteiger partial charge in [0.1, 0.15) is 0 Å². The maximum Gasteiger partial charge on any atom is 0.0897 e. The first-order chi connectivity index (χ1) is 8.10. The van der Waals surface area contributed by atoms with E-state index in [4.69, 9.17) is 5.84 Å². The fraction of sp³-hybridized carbons (Fsp3) is 0.455. The van der Waals surface area contributed by atoms with Gasteiger partial charge in [0.15, 0.2) is 0 Å². The zero-order chi connectivity index (χ0) is 12.4. The normalized spacial score (nSPS) is 12.9. The molecule has 0 saturated carbocycles. The molecular weight excluding hydrogens is 234 g/mol. The van der Waals surface area contributed by atoms with Crippen molar-refractivity contribution in [2.75, 3.05) is 0 Å². The molecule has 3 N–H and O–H groups in total. The Morgan fingerprint density at radius 1 is 1.53 bits per heavy atom. The molecule has 0 saturated heterocycles. The van der Waals surface area contributed by atoms with Gasteiger partial charge in [-0.25, -0.2) is 4.98 Å². The van der Waals surface area contributed by atoms with Crippen LogP contribution >= 0.6 is 11.3 Å². The van der Waals surface area contributed by atoms with Crippen molar-refractivity contribution in [2.45, 2.75) is 26.3 Å². The van der Waals surface area contributed by atoms with Crippen molar-refractivity contribution in [1.29, 1.82) is 0 Å². The summed E-state index contributed by atoms with van der Waals surface area (Å²) >= 11 is 1.66. The summed E-state index contributed by atoms with van der Waals surface area (Å²) in [4.78, 5) is 4.45. The van der Waals surface area contributed by atoms with Crippen molar-refractivity contribution < 1.29 is 0 Å². The Morgan fingerprint density at radius 3 is 2.76 bits per heavy atom. The van der Waals surface area contributed by atoms with E-state index in [9.17, 15) is 0 Å². The lowest BCUT2D eigenvalue weighted by atomic mass is 10.1. The monoisotopic (exact) mass is 251 g/mol. The summed E-state index contributed by atoms with van der Waals surface area (Å²) < 4.78 is 1.86. The minimum atomic E-state index is 0.0442. The van der Waals surface area contributed by atoms with Crippen molar-refractivity contribution >= 4 is 11.3 Å². The molecule has 0 aliphatic heterocycles. The van der Waals surface area contributed by atoms with Crippen LogP contribution in [0.4, 0.5) is 0 Å². The number of rotatable bonds is 4. The number of nitrogens with zero attached hydrogens (tertiary/aromatic N) is 3. The van der Waals surface area contributed by atoms with Gasteiger partial charge in [-0.2, -0.15) is 5.10 Å². The van der Waals surface area contributed by atoms with Gasteiger partial charge in [0.2, 0.25) is 0 Å². The Bertz CT molecular complexity index is 502. The van der Waals surface area contributed by atoms with Gasteiger partial charge in [-0.05, 0) is 19.9 Å². The number of thiazole rings is 1. The summed E-state index contributed by atoms with van der Waals surface area (Å²) in [6, 6.07) is 2.09. The number of hydrogen-bond acceptors (Lipinski definition) is 5. The third-order valence-corrected chi connectivity index (χ3v) is 3.50. The van der Waals surface area contributed by atoms with Crippen molar-refractivity contribution in [3.8, 4) is 0 Å². The third kappa shape index (κ3) is 2.71. The highest BCUT2D eigenvalue weighted by molar-refractivity contribution is 7.09. The predicted molar refractivity (Wildman–Crippen MR) is 68.6 cm³/mol. The van der Waals surface area contributed by atoms with Crippen LogP contribution in [-0.4, -0.2) is 14.8 Å². The summed E-state index contributed by atoms with van der Waals surface area (Å²) in [5.74, 6) is 5.62. The number of nitrogens with two attached hydrogens (primary N) is 1. The Hall–Kier alpha value is -1.24. The van der Waals surface area contributed by atoms with Gasteiger partial charge >= 0.3 is 0 Å². The summed E-state index contributed by atoms with van der Waals surface area (Å²) in [6.45, 7) is 3.98. The Kier molecular flexibility index (Phi) is 3.56. The van der Waals surface area contributed by atoms with Crippen molar-refractivity contribution in [2.24, 2.45) is 12.9 Å². The average molecular weight is 251 g/mol. The van der Waals surface area contributed by atoms with E-state index in [0.29, 0.717) is 0 Å². The molecule has 2 rings (SSSR count). The van der Waals surface area contributed by atoms with Crippen LogP contribution in [0.2, 0.25) is 0 Å². The Labute approximate surface area is 105 Å². The number of hydrogen-bond donors (Lipinski definition) is 2. The topological polar surface area (TPSA) is 68.8 Å². The predicted octanol–water partition coefficient (Wildman–Crippen LogP) is 1.24. The van der Waals surface area contributed by atoms with E-state index in [1.54, 1.807) is 11.3 Å². The van der Waals surface area contributed by atoms with Crippen LogP contribution in [-0.2, 0) is 13.5 Å². The lowest BCUT2D eigenvalue weighted by molar-refractivity contribution is 0.504. The summed E-state index contributed by atoms with van der Waals surface area (Å²) in [5.41, 5.74) is 5.97. The molecule has 6 heteroatoms. The molecule has 17 heavy (non-hydrogen) atoms. The molecule has 92 valence electrons. The van der Waals surface area contributed by atoms with Crippen LogP contribution in [0.25, 0.3) is 0 Å². The average Bonchev–Trinajstić information content (AvgIpc) is 2.82. The number of hydrazine groups is 1. The van der Waals surface area contributed by atoms with Crippen LogP contribution in [0, 0.1) is 13.8 Å². The molecule has 1 unspecified atom stereocenters.